The molecule has 0 aromatic heterocycles. The standard InChI is InChI=1S/C25H40N2O2/c1-25(2,3)29-24(28)26-23-13-12-22(18-23)19-27-16-14-21(15-17-27)11-7-10-20-8-5-4-6-9-20/h4-6,8-9,21-23H,7,10-19H2,1-3H3,(H,26,28)/t22-,23?/m1/s1. The van der Waals surface area contributed by atoms with Crippen LogP contribution in [0.3, 0.4) is 0 Å². The van der Waals surface area contributed by atoms with E-state index in [1.54, 1.807) is 0 Å². The van der Waals surface area contributed by atoms with E-state index in [1.807, 2.05) is 20.8 Å². The van der Waals surface area contributed by atoms with Crippen molar-refractivity contribution < 1.29 is 9.53 Å². The topological polar surface area (TPSA) is 41.6 Å². The summed E-state index contributed by atoms with van der Waals surface area (Å²) in [5.41, 5.74) is 1.05. The van der Waals surface area contributed by atoms with E-state index >= 15 is 0 Å². The van der Waals surface area contributed by atoms with Crippen LogP contribution in [0.4, 0.5) is 4.79 Å². The number of nitrogens with zero attached hydrogens (tertiary/aromatic N) is 1. The van der Waals surface area contributed by atoms with Crippen LogP contribution in [0.1, 0.15) is 71.3 Å². The molecule has 1 saturated heterocycles. The third kappa shape index (κ3) is 8.00. The molecule has 1 aliphatic carbocycles. The highest BCUT2D eigenvalue weighted by Crippen LogP contribution is 2.29. The van der Waals surface area contributed by atoms with Crippen molar-refractivity contribution in [2.75, 3.05) is 19.6 Å². The number of alkyl carbamates (subject to hydrolysis) is 1. The molecule has 1 aromatic carbocycles. The van der Waals surface area contributed by atoms with E-state index in [9.17, 15) is 4.79 Å². The summed E-state index contributed by atoms with van der Waals surface area (Å²) in [4.78, 5) is 14.6. The number of carbonyl (C=O) groups excluding carboxylic acids is 1. The van der Waals surface area contributed by atoms with E-state index in [0.29, 0.717) is 5.92 Å². The number of benzene rings is 1. The first-order chi connectivity index (χ1) is 13.9. The van der Waals surface area contributed by atoms with Gasteiger partial charge in [-0.1, -0.05) is 36.8 Å². The molecule has 0 bridgehead atoms. The van der Waals surface area contributed by atoms with E-state index in [4.69, 9.17) is 4.74 Å². The molecule has 0 radical (unpaired) electrons. The van der Waals surface area contributed by atoms with Crippen molar-refractivity contribution in [2.45, 2.75) is 83.8 Å². The van der Waals surface area contributed by atoms with Gasteiger partial charge >= 0.3 is 6.09 Å². The minimum atomic E-state index is -0.423. The highest BCUT2D eigenvalue weighted by atomic mass is 16.6. The van der Waals surface area contributed by atoms with Gasteiger partial charge in [-0.15, -0.1) is 0 Å². The first-order valence-electron chi connectivity index (χ1n) is 11.6. The van der Waals surface area contributed by atoms with Gasteiger partial charge in [0.2, 0.25) is 0 Å². The molecule has 2 fully saturated rings. The number of carbonyl (C=O) groups is 1. The summed E-state index contributed by atoms with van der Waals surface area (Å²) in [6.45, 7) is 9.43. The predicted molar refractivity (Wildman–Crippen MR) is 119 cm³/mol. The molecule has 1 saturated carbocycles. The average Bonchev–Trinajstić information content (AvgIpc) is 3.09. The lowest BCUT2D eigenvalue weighted by Crippen LogP contribution is -2.39. The number of piperidine rings is 1. The highest BCUT2D eigenvalue weighted by molar-refractivity contribution is 5.68. The van der Waals surface area contributed by atoms with Gasteiger partial charge < -0.3 is 15.0 Å². The Hall–Kier alpha value is -1.55. The lowest BCUT2D eigenvalue weighted by atomic mass is 9.90. The van der Waals surface area contributed by atoms with E-state index in [0.717, 1.165) is 18.8 Å². The van der Waals surface area contributed by atoms with Gasteiger partial charge in [0.25, 0.3) is 0 Å². The molecule has 1 aromatic rings. The van der Waals surface area contributed by atoms with Gasteiger partial charge in [0.15, 0.2) is 0 Å². The second-order valence-corrected chi connectivity index (χ2v) is 10.1. The maximum absolute atomic E-state index is 12.0. The number of hydrogen-bond donors (Lipinski definition) is 1. The number of likely N-dealkylation sites (tertiary alicyclic amines) is 1. The van der Waals surface area contributed by atoms with Gasteiger partial charge in [-0.3, -0.25) is 0 Å². The zero-order valence-corrected chi connectivity index (χ0v) is 18.7. The van der Waals surface area contributed by atoms with Crippen LogP contribution in [0.15, 0.2) is 30.3 Å². The van der Waals surface area contributed by atoms with Gasteiger partial charge in [-0.2, -0.15) is 0 Å². The van der Waals surface area contributed by atoms with Gasteiger partial charge in [-0.05, 0) is 96.2 Å². The van der Waals surface area contributed by atoms with Crippen LogP contribution in [-0.2, 0) is 11.2 Å². The van der Waals surface area contributed by atoms with Crippen LogP contribution in [0, 0.1) is 11.8 Å². The van der Waals surface area contributed by atoms with E-state index in [-0.39, 0.29) is 12.1 Å². The average molecular weight is 401 g/mol. The Bertz CT molecular complexity index is 617. The fourth-order valence-electron chi connectivity index (χ4n) is 4.91. The molecule has 3 rings (SSSR count). The number of amides is 1. The second-order valence-electron chi connectivity index (χ2n) is 10.1. The molecule has 1 heterocycles. The van der Waals surface area contributed by atoms with Crippen molar-refractivity contribution in [2.24, 2.45) is 11.8 Å². The fraction of sp³-hybridized carbons (Fsp3) is 0.720. The maximum atomic E-state index is 12.0. The van der Waals surface area contributed by atoms with Crippen molar-refractivity contribution in [3.8, 4) is 0 Å². The minimum absolute atomic E-state index is 0.264. The molecule has 0 spiro atoms. The molecule has 1 unspecified atom stereocenters. The first-order valence-corrected chi connectivity index (χ1v) is 11.6. The molecule has 162 valence electrons. The molecule has 2 aliphatic rings. The Balaban J connectivity index is 1.28. The molecule has 1 aliphatic heterocycles. The van der Waals surface area contributed by atoms with E-state index < -0.39 is 5.60 Å². The van der Waals surface area contributed by atoms with Crippen LogP contribution in [-0.4, -0.2) is 42.3 Å². The Morgan fingerprint density at radius 1 is 1.07 bits per heavy atom. The number of rotatable bonds is 7. The van der Waals surface area contributed by atoms with Crippen LogP contribution in [0.5, 0.6) is 0 Å². The minimum Gasteiger partial charge on any atom is -0.444 e. The molecule has 1 amide bonds. The summed E-state index contributed by atoms with van der Waals surface area (Å²) < 4.78 is 5.40. The smallest absolute Gasteiger partial charge is 0.407 e. The predicted octanol–water partition coefficient (Wildman–Crippen LogP) is 5.41. The largest absolute Gasteiger partial charge is 0.444 e. The van der Waals surface area contributed by atoms with Crippen molar-refractivity contribution in [1.29, 1.82) is 0 Å². The Kier molecular flexibility index (Phi) is 7.99. The summed E-state index contributed by atoms with van der Waals surface area (Å²) in [7, 11) is 0. The number of hydrogen-bond acceptors (Lipinski definition) is 3. The molecule has 29 heavy (non-hydrogen) atoms. The molecule has 1 N–H and O–H groups in total. The van der Waals surface area contributed by atoms with Gasteiger partial charge in [0, 0.05) is 12.6 Å². The maximum Gasteiger partial charge on any atom is 0.407 e. The SMILES string of the molecule is CC(C)(C)OC(=O)NC1CC[C@@H](CN2CCC(CCCc3ccccc3)CC2)C1. The van der Waals surface area contributed by atoms with Gasteiger partial charge in [-0.25, -0.2) is 4.79 Å². The van der Waals surface area contributed by atoms with Crippen molar-refractivity contribution >= 4 is 6.09 Å². The Labute approximate surface area is 177 Å². The van der Waals surface area contributed by atoms with E-state index in [1.165, 1.54) is 63.7 Å². The van der Waals surface area contributed by atoms with Crippen molar-refractivity contribution in [1.82, 2.24) is 10.2 Å². The Morgan fingerprint density at radius 3 is 2.48 bits per heavy atom. The first kappa shape index (κ1) is 22.1. The summed E-state index contributed by atoms with van der Waals surface area (Å²) in [6, 6.07) is 11.2. The van der Waals surface area contributed by atoms with Crippen molar-refractivity contribution in [3.05, 3.63) is 35.9 Å². The molecular weight excluding hydrogens is 360 g/mol. The van der Waals surface area contributed by atoms with Crippen LogP contribution in [0.25, 0.3) is 0 Å². The second kappa shape index (κ2) is 10.5. The van der Waals surface area contributed by atoms with E-state index in [2.05, 4.69) is 40.5 Å². The quantitative estimate of drug-likeness (QED) is 0.665. The molecule has 2 atom stereocenters. The normalized spacial score (nSPS) is 23.8. The van der Waals surface area contributed by atoms with Crippen LogP contribution in [0.2, 0.25) is 0 Å². The number of ether oxygens (including phenoxy) is 1. The fourth-order valence-corrected chi connectivity index (χ4v) is 4.91. The highest BCUT2D eigenvalue weighted by Gasteiger charge is 2.30. The summed E-state index contributed by atoms with van der Waals surface area (Å²) in [6.07, 6.45) is 9.73. The number of aryl methyl sites for hydroxylation is 1. The van der Waals surface area contributed by atoms with Crippen molar-refractivity contribution in [3.63, 3.8) is 0 Å². The summed E-state index contributed by atoms with van der Waals surface area (Å²) in [5.74, 6) is 1.62. The lowest BCUT2D eigenvalue weighted by molar-refractivity contribution is 0.0504. The van der Waals surface area contributed by atoms with Crippen LogP contribution < -0.4 is 5.32 Å². The zero-order valence-electron chi connectivity index (χ0n) is 18.7. The van der Waals surface area contributed by atoms with Crippen LogP contribution >= 0.6 is 0 Å². The monoisotopic (exact) mass is 400 g/mol. The summed E-state index contributed by atoms with van der Waals surface area (Å²) >= 11 is 0. The summed E-state index contributed by atoms with van der Waals surface area (Å²) in [5, 5.41) is 3.07. The Morgan fingerprint density at radius 2 is 1.79 bits per heavy atom. The van der Waals surface area contributed by atoms with Gasteiger partial charge in [0.05, 0.1) is 0 Å². The zero-order chi connectivity index (χ0) is 20.7. The molecule has 4 heteroatoms. The third-order valence-electron chi connectivity index (χ3n) is 6.41. The third-order valence-corrected chi connectivity index (χ3v) is 6.41. The molecule has 4 nitrogen and oxygen atoms in total. The lowest BCUT2D eigenvalue weighted by Gasteiger charge is -2.33. The number of nitrogens with one attached hydrogen (secondary N) is 1. The van der Waals surface area contributed by atoms with Gasteiger partial charge in [0.1, 0.15) is 5.60 Å². The molecular formula is C25H40N2O2.